The summed E-state index contributed by atoms with van der Waals surface area (Å²) < 4.78 is 10.6. The van der Waals surface area contributed by atoms with Gasteiger partial charge in [-0.15, -0.1) is 0 Å². The SMILES string of the molecule is COCCC(C)(N)c1ccc2c(c1)CCO2. The molecule has 0 spiro atoms. The van der Waals surface area contributed by atoms with Crippen molar-refractivity contribution in [3.05, 3.63) is 29.3 Å². The molecule has 1 atom stereocenters. The fourth-order valence-electron chi connectivity index (χ4n) is 2.00. The first-order chi connectivity index (χ1) is 7.63. The molecule has 2 N–H and O–H groups in total. The largest absolute Gasteiger partial charge is 0.493 e. The van der Waals surface area contributed by atoms with Crippen LogP contribution in [0.4, 0.5) is 0 Å². The van der Waals surface area contributed by atoms with Crippen molar-refractivity contribution in [1.82, 2.24) is 0 Å². The Morgan fingerprint density at radius 3 is 3.06 bits per heavy atom. The molecule has 3 heteroatoms. The molecule has 16 heavy (non-hydrogen) atoms. The lowest BCUT2D eigenvalue weighted by Crippen LogP contribution is -2.34. The van der Waals surface area contributed by atoms with Gasteiger partial charge in [-0.2, -0.15) is 0 Å². The Hall–Kier alpha value is -1.06. The summed E-state index contributed by atoms with van der Waals surface area (Å²) in [4.78, 5) is 0. The Bertz CT molecular complexity index is 374. The summed E-state index contributed by atoms with van der Waals surface area (Å²) in [6.07, 6.45) is 1.81. The van der Waals surface area contributed by atoms with Gasteiger partial charge in [-0.1, -0.05) is 12.1 Å². The molecule has 0 aliphatic carbocycles. The van der Waals surface area contributed by atoms with Crippen molar-refractivity contribution < 1.29 is 9.47 Å². The number of rotatable bonds is 4. The lowest BCUT2D eigenvalue weighted by atomic mass is 9.88. The molecular weight excluding hydrogens is 202 g/mol. The number of ether oxygens (including phenoxy) is 2. The molecule has 1 aromatic carbocycles. The van der Waals surface area contributed by atoms with Gasteiger partial charge < -0.3 is 15.2 Å². The maximum atomic E-state index is 6.30. The molecule has 1 aliphatic rings. The lowest BCUT2D eigenvalue weighted by Gasteiger charge is -2.25. The van der Waals surface area contributed by atoms with Crippen LogP contribution in [-0.2, 0) is 16.7 Å². The van der Waals surface area contributed by atoms with Gasteiger partial charge in [0.25, 0.3) is 0 Å². The van der Waals surface area contributed by atoms with E-state index in [2.05, 4.69) is 12.1 Å². The molecule has 0 bridgehead atoms. The summed E-state index contributed by atoms with van der Waals surface area (Å²) in [6.45, 7) is 3.52. The van der Waals surface area contributed by atoms with Gasteiger partial charge in [-0.05, 0) is 30.5 Å². The lowest BCUT2D eigenvalue weighted by molar-refractivity contribution is 0.172. The highest BCUT2D eigenvalue weighted by molar-refractivity contribution is 5.41. The van der Waals surface area contributed by atoms with Crippen molar-refractivity contribution in [1.29, 1.82) is 0 Å². The van der Waals surface area contributed by atoms with Gasteiger partial charge in [-0.25, -0.2) is 0 Å². The van der Waals surface area contributed by atoms with E-state index in [0.29, 0.717) is 6.61 Å². The van der Waals surface area contributed by atoms with Gasteiger partial charge >= 0.3 is 0 Å². The van der Waals surface area contributed by atoms with Crippen LogP contribution >= 0.6 is 0 Å². The molecular formula is C13H19NO2. The van der Waals surface area contributed by atoms with E-state index < -0.39 is 0 Å². The van der Waals surface area contributed by atoms with E-state index in [1.165, 1.54) is 5.56 Å². The first-order valence-electron chi connectivity index (χ1n) is 5.67. The number of fused-ring (bicyclic) bond motifs is 1. The predicted octanol–water partition coefficient (Wildman–Crippen LogP) is 1.83. The quantitative estimate of drug-likeness (QED) is 0.843. The minimum Gasteiger partial charge on any atom is -0.493 e. The third-order valence-electron chi connectivity index (χ3n) is 3.17. The highest BCUT2D eigenvalue weighted by Crippen LogP contribution is 2.30. The number of hydrogen-bond acceptors (Lipinski definition) is 3. The maximum Gasteiger partial charge on any atom is 0.122 e. The van der Waals surface area contributed by atoms with Crippen LogP contribution in [0, 0.1) is 0 Å². The van der Waals surface area contributed by atoms with Crippen LogP contribution in [0.2, 0.25) is 0 Å². The van der Waals surface area contributed by atoms with Crippen LogP contribution in [-0.4, -0.2) is 20.3 Å². The minimum absolute atomic E-state index is 0.326. The summed E-state index contributed by atoms with van der Waals surface area (Å²) in [7, 11) is 1.70. The van der Waals surface area contributed by atoms with Crippen LogP contribution in [0.15, 0.2) is 18.2 Å². The normalized spacial score (nSPS) is 17.7. The van der Waals surface area contributed by atoms with Gasteiger partial charge in [0.15, 0.2) is 0 Å². The zero-order valence-electron chi connectivity index (χ0n) is 9.95. The zero-order valence-corrected chi connectivity index (χ0v) is 9.95. The average Bonchev–Trinajstić information content (AvgIpc) is 2.73. The van der Waals surface area contributed by atoms with E-state index in [9.17, 15) is 0 Å². The highest BCUT2D eigenvalue weighted by Gasteiger charge is 2.23. The average molecular weight is 221 g/mol. The minimum atomic E-state index is -0.326. The molecule has 1 aliphatic heterocycles. The highest BCUT2D eigenvalue weighted by atomic mass is 16.5. The zero-order chi connectivity index (χ0) is 11.6. The van der Waals surface area contributed by atoms with Gasteiger partial charge in [0.05, 0.1) is 6.61 Å². The topological polar surface area (TPSA) is 44.5 Å². The van der Waals surface area contributed by atoms with Crippen molar-refractivity contribution in [3.63, 3.8) is 0 Å². The second kappa shape index (κ2) is 4.44. The summed E-state index contributed by atoms with van der Waals surface area (Å²) in [6, 6.07) is 6.24. The van der Waals surface area contributed by atoms with Crippen molar-refractivity contribution in [2.45, 2.75) is 25.3 Å². The Kier molecular flexibility index (Phi) is 3.17. The molecule has 0 radical (unpaired) electrons. The van der Waals surface area contributed by atoms with Crippen molar-refractivity contribution >= 4 is 0 Å². The van der Waals surface area contributed by atoms with Crippen LogP contribution in [0.25, 0.3) is 0 Å². The first-order valence-corrected chi connectivity index (χ1v) is 5.67. The molecule has 1 unspecified atom stereocenters. The van der Waals surface area contributed by atoms with Crippen molar-refractivity contribution in [3.8, 4) is 5.75 Å². The molecule has 0 saturated carbocycles. The fraction of sp³-hybridized carbons (Fsp3) is 0.538. The number of methoxy groups -OCH3 is 1. The van der Waals surface area contributed by atoms with Gasteiger partial charge in [0.2, 0.25) is 0 Å². The summed E-state index contributed by atoms with van der Waals surface area (Å²) in [5, 5.41) is 0. The molecule has 2 rings (SSSR count). The molecule has 88 valence electrons. The molecule has 0 amide bonds. The van der Waals surface area contributed by atoms with Gasteiger partial charge in [0.1, 0.15) is 5.75 Å². The van der Waals surface area contributed by atoms with E-state index in [0.717, 1.165) is 30.8 Å². The summed E-state index contributed by atoms with van der Waals surface area (Å²) in [5.74, 6) is 1.01. The van der Waals surface area contributed by atoms with Crippen LogP contribution in [0.1, 0.15) is 24.5 Å². The van der Waals surface area contributed by atoms with Gasteiger partial charge in [-0.3, -0.25) is 0 Å². The second-order valence-corrected chi connectivity index (χ2v) is 4.58. The van der Waals surface area contributed by atoms with Crippen molar-refractivity contribution in [2.75, 3.05) is 20.3 Å². The van der Waals surface area contributed by atoms with Crippen molar-refractivity contribution in [2.24, 2.45) is 5.73 Å². The molecule has 0 aromatic heterocycles. The van der Waals surface area contributed by atoms with E-state index in [-0.39, 0.29) is 5.54 Å². The third-order valence-corrected chi connectivity index (χ3v) is 3.17. The van der Waals surface area contributed by atoms with E-state index >= 15 is 0 Å². The van der Waals surface area contributed by atoms with Gasteiger partial charge in [0, 0.05) is 25.7 Å². The summed E-state index contributed by atoms with van der Waals surface area (Å²) in [5.41, 5.74) is 8.40. The molecule has 0 fully saturated rings. The van der Waals surface area contributed by atoms with Crippen LogP contribution < -0.4 is 10.5 Å². The Balaban J connectivity index is 2.20. The second-order valence-electron chi connectivity index (χ2n) is 4.58. The fourth-order valence-corrected chi connectivity index (χ4v) is 2.00. The Morgan fingerprint density at radius 2 is 2.31 bits per heavy atom. The number of benzene rings is 1. The number of hydrogen-bond donors (Lipinski definition) is 1. The smallest absolute Gasteiger partial charge is 0.122 e. The van der Waals surface area contributed by atoms with Crippen LogP contribution in [0.3, 0.4) is 0 Å². The van der Waals surface area contributed by atoms with E-state index in [1.807, 2.05) is 13.0 Å². The number of nitrogens with two attached hydrogens (primary N) is 1. The first kappa shape index (κ1) is 11.4. The van der Waals surface area contributed by atoms with E-state index in [4.69, 9.17) is 15.2 Å². The van der Waals surface area contributed by atoms with E-state index in [1.54, 1.807) is 7.11 Å². The summed E-state index contributed by atoms with van der Waals surface area (Å²) >= 11 is 0. The monoisotopic (exact) mass is 221 g/mol. The Labute approximate surface area is 96.5 Å². The molecule has 3 nitrogen and oxygen atoms in total. The van der Waals surface area contributed by atoms with Crippen LogP contribution in [0.5, 0.6) is 5.75 Å². The molecule has 0 saturated heterocycles. The predicted molar refractivity (Wildman–Crippen MR) is 63.7 cm³/mol. The molecule has 1 heterocycles. The third kappa shape index (κ3) is 2.20. The standard InChI is InChI=1S/C13H19NO2/c1-13(14,6-8-15-2)11-3-4-12-10(9-11)5-7-16-12/h3-4,9H,5-8,14H2,1-2H3. The maximum absolute atomic E-state index is 6.30. The Morgan fingerprint density at radius 1 is 1.50 bits per heavy atom. The molecule has 1 aromatic rings.